The fourth-order valence-corrected chi connectivity index (χ4v) is 2.52. The molecule has 0 bridgehead atoms. The Bertz CT molecular complexity index is 444. The van der Waals surface area contributed by atoms with E-state index in [1.54, 1.807) is 0 Å². The second-order valence-electron chi connectivity index (χ2n) is 6.48. The second kappa shape index (κ2) is 6.44. The Morgan fingerprint density at radius 2 is 2.15 bits per heavy atom. The Kier molecular flexibility index (Phi) is 4.86. The molecular formula is C16H27N3O. The third-order valence-corrected chi connectivity index (χ3v) is 4.40. The summed E-state index contributed by atoms with van der Waals surface area (Å²) in [5.74, 6) is 0.0510. The standard InChI is InChI=1S/C16H27N3O/c1-4-16(2,3)12-18-15(20)14-6-5-11-19(14)13-7-9-17-10-8-13/h5-6,11,13,17H,4,7-10,12H2,1-3H3,(H,18,20). The molecule has 1 aromatic heterocycles. The maximum absolute atomic E-state index is 12.4. The van der Waals surface area contributed by atoms with Crippen LogP contribution in [0.25, 0.3) is 0 Å². The molecule has 2 rings (SSSR count). The fourth-order valence-electron chi connectivity index (χ4n) is 2.52. The Morgan fingerprint density at radius 3 is 2.80 bits per heavy atom. The Labute approximate surface area is 121 Å². The molecule has 1 amide bonds. The Balaban J connectivity index is 2.01. The van der Waals surface area contributed by atoms with Gasteiger partial charge in [0.15, 0.2) is 0 Å². The molecule has 4 nitrogen and oxygen atoms in total. The van der Waals surface area contributed by atoms with E-state index < -0.39 is 0 Å². The second-order valence-corrected chi connectivity index (χ2v) is 6.48. The molecule has 0 aliphatic carbocycles. The lowest BCUT2D eigenvalue weighted by Gasteiger charge is -2.27. The number of carbonyl (C=O) groups excluding carboxylic acids is 1. The first kappa shape index (κ1) is 15.1. The van der Waals surface area contributed by atoms with Crippen molar-refractivity contribution in [3.63, 3.8) is 0 Å². The lowest BCUT2D eigenvalue weighted by Crippen LogP contribution is -2.36. The summed E-state index contributed by atoms with van der Waals surface area (Å²) < 4.78 is 2.15. The van der Waals surface area contributed by atoms with Gasteiger partial charge in [-0.25, -0.2) is 0 Å². The SMILES string of the molecule is CCC(C)(C)CNC(=O)c1cccn1C1CCNCC1. The molecule has 2 heterocycles. The monoisotopic (exact) mass is 277 g/mol. The molecule has 0 saturated carbocycles. The molecule has 2 N–H and O–H groups in total. The van der Waals surface area contributed by atoms with Crippen LogP contribution in [0.15, 0.2) is 18.3 Å². The zero-order chi connectivity index (χ0) is 14.6. The van der Waals surface area contributed by atoms with E-state index in [-0.39, 0.29) is 11.3 Å². The van der Waals surface area contributed by atoms with Crippen LogP contribution in [0, 0.1) is 5.41 Å². The minimum Gasteiger partial charge on any atom is -0.350 e. The largest absolute Gasteiger partial charge is 0.350 e. The van der Waals surface area contributed by atoms with Crippen LogP contribution >= 0.6 is 0 Å². The molecular weight excluding hydrogens is 250 g/mol. The third kappa shape index (κ3) is 3.63. The lowest BCUT2D eigenvalue weighted by molar-refractivity contribution is 0.0923. The highest BCUT2D eigenvalue weighted by molar-refractivity contribution is 5.92. The number of hydrogen-bond acceptors (Lipinski definition) is 2. The molecule has 0 spiro atoms. The van der Waals surface area contributed by atoms with Gasteiger partial charge >= 0.3 is 0 Å². The van der Waals surface area contributed by atoms with Crippen molar-refractivity contribution in [3.8, 4) is 0 Å². The van der Waals surface area contributed by atoms with Gasteiger partial charge in [-0.05, 0) is 49.9 Å². The summed E-state index contributed by atoms with van der Waals surface area (Å²) in [5, 5.41) is 6.44. The van der Waals surface area contributed by atoms with Crippen LogP contribution in [0.3, 0.4) is 0 Å². The first-order chi connectivity index (χ1) is 9.53. The minimum absolute atomic E-state index is 0.0510. The van der Waals surface area contributed by atoms with Gasteiger partial charge in [-0.2, -0.15) is 0 Å². The van der Waals surface area contributed by atoms with Gasteiger partial charge in [0, 0.05) is 18.8 Å². The van der Waals surface area contributed by atoms with Crippen LogP contribution in [0.1, 0.15) is 56.6 Å². The van der Waals surface area contributed by atoms with Crippen LogP contribution in [0.5, 0.6) is 0 Å². The molecule has 20 heavy (non-hydrogen) atoms. The van der Waals surface area contributed by atoms with E-state index in [1.165, 1.54) is 0 Å². The van der Waals surface area contributed by atoms with Crippen molar-refractivity contribution >= 4 is 5.91 Å². The average molecular weight is 277 g/mol. The number of hydrogen-bond donors (Lipinski definition) is 2. The highest BCUT2D eigenvalue weighted by Gasteiger charge is 2.21. The van der Waals surface area contributed by atoms with Crippen molar-refractivity contribution in [1.82, 2.24) is 15.2 Å². The van der Waals surface area contributed by atoms with Crippen molar-refractivity contribution in [2.75, 3.05) is 19.6 Å². The predicted molar refractivity (Wildman–Crippen MR) is 82.0 cm³/mol. The van der Waals surface area contributed by atoms with Crippen molar-refractivity contribution in [2.24, 2.45) is 5.41 Å². The summed E-state index contributed by atoms with van der Waals surface area (Å²) >= 11 is 0. The van der Waals surface area contributed by atoms with Gasteiger partial charge in [-0.15, -0.1) is 0 Å². The van der Waals surface area contributed by atoms with E-state index in [4.69, 9.17) is 0 Å². The highest BCUT2D eigenvalue weighted by Crippen LogP contribution is 2.22. The summed E-state index contributed by atoms with van der Waals surface area (Å²) in [7, 11) is 0. The molecule has 1 saturated heterocycles. The van der Waals surface area contributed by atoms with Gasteiger partial charge in [0.2, 0.25) is 0 Å². The van der Waals surface area contributed by atoms with E-state index in [1.807, 2.05) is 18.3 Å². The number of amides is 1. The van der Waals surface area contributed by atoms with E-state index in [9.17, 15) is 4.79 Å². The van der Waals surface area contributed by atoms with E-state index in [0.717, 1.165) is 44.6 Å². The Morgan fingerprint density at radius 1 is 1.45 bits per heavy atom. The lowest BCUT2D eigenvalue weighted by atomic mass is 9.90. The first-order valence-electron chi connectivity index (χ1n) is 7.69. The van der Waals surface area contributed by atoms with E-state index in [2.05, 4.69) is 36.0 Å². The number of rotatable bonds is 5. The topological polar surface area (TPSA) is 46.1 Å². The maximum atomic E-state index is 12.4. The highest BCUT2D eigenvalue weighted by atomic mass is 16.1. The van der Waals surface area contributed by atoms with Crippen LogP contribution in [-0.2, 0) is 0 Å². The molecule has 0 aromatic carbocycles. The van der Waals surface area contributed by atoms with Crippen LogP contribution in [0.2, 0.25) is 0 Å². The summed E-state index contributed by atoms with van der Waals surface area (Å²) in [4.78, 5) is 12.4. The number of carbonyl (C=O) groups is 1. The normalized spacial score (nSPS) is 17.1. The summed E-state index contributed by atoms with van der Waals surface area (Å²) in [6.45, 7) is 9.31. The minimum atomic E-state index is 0.0510. The van der Waals surface area contributed by atoms with Gasteiger partial charge in [0.25, 0.3) is 5.91 Å². The zero-order valence-electron chi connectivity index (χ0n) is 12.9. The average Bonchev–Trinajstić information content (AvgIpc) is 2.95. The molecule has 1 aliphatic heterocycles. The number of aromatic nitrogens is 1. The van der Waals surface area contributed by atoms with Crippen LogP contribution in [0.4, 0.5) is 0 Å². The molecule has 0 radical (unpaired) electrons. The van der Waals surface area contributed by atoms with E-state index in [0.29, 0.717) is 6.04 Å². The fraction of sp³-hybridized carbons (Fsp3) is 0.688. The maximum Gasteiger partial charge on any atom is 0.267 e. The van der Waals surface area contributed by atoms with Crippen LogP contribution in [-0.4, -0.2) is 30.1 Å². The number of piperidine rings is 1. The predicted octanol–water partition coefficient (Wildman–Crippen LogP) is 2.58. The zero-order valence-corrected chi connectivity index (χ0v) is 12.9. The van der Waals surface area contributed by atoms with E-state index >= 15 is 0 Å². The van der Waals surface area contributed by atoms with Gasteiger partial charge in [0.1, 0.15) is 5.69 Å². The molecule has 1 aliphatic rings. The molecule has 0 unspecified atom stereocenters. The first-order valence-corrected chi connectivity index (χ1v) is 7.69. The third-order valence-electron chi connectivity index (χ3n) is 4.40. The molecule has 112 valence electrons. The van der Waals surface area contributed by atoms with Crippen molar-refractivity contribution < 1.29 is 4.79 Å². The van der Waals surface area contributed by atoms with Gasteiger partial charge in [0.05, 0.1) is 0 Å². The van der Waals surface area contributed by atoms with Crippen LogP contribution < -0.4 is 10.6 Å². The summed E-state index contributed by atoms with van der Waals surface area (Å²) in [6, 6.07) is 4.35. The molecule has 0 atom stereocenters. The van der Waals surface area contributed by atoms with Gasteiger partial charge in [-0.1, -0.05) is 20.8 Å². The summed E-state index contributed by atoms with van der Waals surface area (Å²) in [5.41, 5.74) is 0.950. The number of nitrogens with zero attached hydrogens (tertiary/aromatic N) is 1. The smallest absolute Gasteiger partial charge is 0.267 e. The number of nitrogens with one attached hydrogen (secondary N) is 2. The molecule has 4 heteroatoms. The van der Waals surface area contributed by atoms with Crippen molar-refractivity contribution in [2.45, 2.75) is 46.1 Å². The molecule has 1 fully saturated rings. The molecule has 1 aromatic rings. The van der Waals surface area contributed by atoms with Crippen molar-refractivity contribution in [1.29, 1.82) is 0 Å². The Hall–Kier alpha value is -1.29. The van der Waals surface area contributed by atoms with Gasteiger partial charge < -0.3 is 15.2 Å². The van der Waals surface area contributed by atoms with Crippen molar-refractivity contribution in [3.05, 3.63) is 24.0 Å². The quantitative estimate of drug-likeness (QED) is 0.869. The van der Waals surface area contributed by atoms with Gasteiger partial charge in [-0.3, -0.25) is 4.79 Å². The summed E-state index contributed by atoms with van der Waals surface area (Å²) in [6.07, 6.45) is 5.28.